The predicted octanol–water partition coefficient (Wildman–Crippen LogP) is 1.47. The van der Waals surface area contributed by atoms with Crippen molar-refractivity contribution in [3.8, 4) is 0 Å². The van der Waals surface area contributed by atoms with Crippen LogP contribution in [0.2, 0.25) is 0 Å². The summed E-state index contributed by atoms with van der Waals surface area (Å²) in [6.45, 7) is 5.68. The highest BCUT2D eigenvalue weighted by molar-refractivity contribution is 9.10. The summed E-state index contributed by atoms with van der Waals surface area (Å²) in [4.78, 5) is 22.4. The van der Waals surface area contributed by atoms with Crippen molar-refractivity contribution in [1.29, 1.82) is 0 Å². The largest absolute Gasteiger partial charge is 0.467 e. The van der Waals surface area contributed by atoms with Crippen LogP contribution < -0.4 is 5.32 Å². The van der Waals surface area contributed by atoms with E-state index in [4.69, 9.17) is 0 Å². The second-order valence-corrected chi connectivity index (χ2v) is 5.20. The summed E-state index contributed by atoms with van der Waals surface area (Å²) >= 11 is 3.14. The van der Waals surface area contributed by atoms with E-state index in [1.165, 1.54) is 7.11 Å². The van der Waals surface area contributed by atoms with Gasteiger partial charge in [0.1, 0.15) is 6.04 Å². The Morgan fingerprint density at radius 3 is 2.20 bits per heavy atom. The maximum Gasteiger partial charge on any atom is 0.328 e. The first-order chi connectivity index (χ1) is 6.88. The molecule has 0 saturated heterocycles. The number of halogens is 1. The second kappa shape index (κ2) is 6.82. The summed E-state index contributed by atoms with van der Waals surface area (Å²) in [6.07, 6.45) is 0.581. The molecule has 88 valence electrons. The van der Waals surface area contributed by atoms with E-state index in [0.29, 0.717) is 12.3 Å². The summed E-state index contributed by atoms with van der Waals surface area (Å²) in [7, 11) is 1.32. The van der Waals surface area contributed by atoms with Crippen LogP contribution in [0, 0.1) is 5.92 Å². The summed E-state index contributed by atoms with van der Waals surface area (Å²) in [5.74, 6) is -0.281. The Hall–Kier alpha value is -0.580. The van der Waals surface area contributed by atoms with Crippen LogP contribution in [0.5, 0.6) is 0 Å². The number of esters is 1. The molecule has 0 heterocycles. The number of ether oxygens (including phenoxy) is 1. The zero-order valence-electron chi connectivity index (χ0n) is 9.54. The predicted molar refractivity (Wildman–Crippen MR) is 61.8 cm³/mol. The first-order valence-corrected chi connectivity index (χ1v) is 5.82. The average molecular weight is 280 g/mol. The Balaban J connectivity index is 4.37. The molecule has 0 rings (SSSR count). The van der Waals surface area contributed by atoms with Gasteiger partial charge in [-0.15, -0.1) is 0 Å². The Labute approximate surface area is 98.9 Å². The number of rotatable bonds is 5. The van der Waals surface area contributed by atoms with Crippen molar-refractivity contribution in [2.24, 2.45) is 5.92 Å². The van der Waals surface area contributed by atoms with Gasteiger partial charge in [-0.2, -0.15) is 0 Å². The van der Waals surface area contributed by atoms with E-state index in [1.807, 2.05) is 13.8 Å². The number of hydrogen-bond acceptors (Lipinski definition) is 3. The van der Waals surface area contributed by atoms with Crippen molar-refractivity contribution in [2.75, 3.05) is 7.11 Å². The van der Waals surface area contributed by atoms with E-state index in [0.717, 1.165) is 0 Å². The van der Waals surface area contributed by atoms with Gasteiger partial charge >= 0.3 is 5.97 Å². The van der Waals surface area contributed by atoms with Gasteiger partial charge in [0, 0.05) is 0 Å². The first kappa shape index (κ1) is 14.4. The van der Waals surface area contributed by atoms with E-state index in [9.17, 15) is 9.59 Å². The highest BCUT2D eigenvalue weighted by Gasteiger charge is 2.23. The molecule has 15 heavy (non-hydrogen) atoms. The molecule has 0 aromatic carbocycles. The lowest BCUT2D eigenvalue weighted by Crippen LogP contribution is -2.44. The number of hydrogen-bond donors (Lipinski definition) is 1. The smallest absolute Gasteiger partial charge is 0.328 e. The fourth-order valence-electron chi connectivity index (χ4n) is 1.11. The molecule has 2 unspecified atom stereocenters. The number of amides is 1. The van der Waals surface area contributed by atoms with Crippen LogP contribution in [0.15, 0.2) is 0 Å². The summed E-state index contributed by atoms with van der Waals surface area (Å²) < 4.78 is 4.62. The molecule has 1 amide bonds. The molecular formula is C10H18BrNO3. The van der Waals surface area contributed by atoms with Crippen LogP contribution >= 0.6 is 15.9 Å². The standard InChI is InChI=1S/C10H18BrNO3/c1-6(2)5-8(10(14)15-4)12-9(13)7(3)11/h6-8H,5H2,1-4H3,(H,12,13). The van der Waals surface area contributed by atoms with Gasteiger partial charge in [-0.25, -0.2) is 4.79 Å². The molecule has 0 aliphatic rings. The maximum absolute atomic E-state index is 11.4. The van der Waals surface area contributed by atoms with Gasteiger partial charge in [0.2, 0.25) is 5.91 Å². The van der Waals surface area contributed by atoms with E-state index >= 15 is 0 Å². The van der Waals surface area contributed by atoms with E-state index < -0.39 is 12.0 Å². The van der Waals surface area contributed by atoms with Gasteiger partial charge in [-0.3, -0.25) is 4.79 Å². The zero-order chi connectivity index (χ0) is 12.0. The number of nitrogens with one attached hydrogen (secondary N) is 1. The van der Waals surface area contributed by atoms with Crippen molar-refractivity contribution < 1.29 is 14.3 Å². The van der Waals surface area contributed by atoms with Gasteiger partial charge in [0.05, 0.1) is 11.9 Å². The third kappa shape index (κ3) is 5.77. The van der Waals surface area contributed by atoms with E-state index in [2.05, 4.69) is 26.0 Å². The molecule has 0 saturated carbocycles. The van der Waals surface area contributed by atoms with Gasteiger partial charge in [0.25, 0.3) is 0 Å². The lowest BCUT2D eigenvalue weighted by atomic mass is 10.0. The van der Waals surface area contributed by atoms with Crippen molar-refractivity contribution in [3.63, 3.8) is 0 Å². The highest BCUT2D eigenvalue weighted by atomic mass is 79.9. The number of alkyl halides is 1. The number of carbonyl (C=O) groups is 2. The average Bonchev–Trinajstić information content (AvgIpc) is 2.14. The summed E-state index contributed by atoms with van der Waals surface area (Å²) in [5, 5.41) is 2.64. The van der Waals surface area contributed by atoms with Crippen molar-refractivity contribution in [2.45, 2.75) is 38.1 Å². The monoisotopic (exact) mass is 279 g/mol. The molecule has 0 fully saturated rings. The number of methoxy groups -OCH3 is 1. The van der Waals surface area contributed by atoms with Crippen molar-refractivity contribution >= 4 is 27.8 Å². The zero-order valence-corrected chi connectivity index (χ0v) is 11.1. The molecule has 2 atom stereocenters. The van der Waals surface area contributed by atoms with Crippen LogP contribution in [0.25, 0.3) is 0 Å². The maximum atomic E-state index is 11.4. The third-order valence-electron chi connectivity index (χ3n) is 1.87. The number of carbonyl (C=O) groups excluding carboxylic acids is 2. The Morgan fingerprint density at radius 2 is 1.87 bits per heavy atom. The van der Waals surface area contributed by atoms with Gasteiger partial charge in [0.15, 0.2) is 0 Å². The Bertz CT molecular complexity index is 229. The minimum Gasteiger partial charge on any atom is -0.467 e. The topological polar surface area (TPSA) is 55.4 Å². The molecule has 0 aliphatic carbocycles. The minimum absolute atomic E-state index is 0.203. The normalized spacial score (nSPS) is 14.5. The molecule has 4 nitrogen and oxygen atoms in total. The molecule has 0 radical (unpaired) electrons. The van der Waals surface area contributed by atoms with Crippen LogP contribution in [0.1, 0.15) is 27.2 Å². The molecule has 0 aromatic heterocycles. The first-order valence-electron chi connectivity index (χ1n) is 4.90. The third-order valence-corrected chi connectivity index (χ3v) is 2.29. The van der Waals surface area contributed by atoms with Crippen molar-refractivity contribution in [3.05, 3.63) is 0 Å². The highest BCUT2D eigenvalue weighted by Crippen LogP contribution is 2.07. The minimum atomic E-state index is -0.553. The molecule has 0 bridgehead atoms. The summed E-state index contributed by atoms with van der Waals surface area (Å²) in [6, 6.07) is -0.553. The van der Waals surface area contributed by atoms with E-state index in [1.54, 1.807) is 6.92 Å². The molecule has 0 spiro atoms. The Kier molecular flexibility index (Phi) is 6.56. The second-order valence-electron chi connectivity index (χ2n) is 3.83. The van der Waals surface area contributed by atoms with E-state index in [-0.39, 0.29) is 10.7 Å². The van der Waals surface area contributed by atoms with Crippen LogP contribution in [-0.2, 0) is 14.3 Å². The van der Waals surface area contributed by atoms with Crippen LogP contribution in [0.3, 0.4) is 0 Å². The fourth-order valence-corrected chi connectivity index (χ4v) is 1.25. The molecule has 0 aromatic rings. The lowest BCUT2D eigenvalue weighted by molar-refractivity contribution is -0.145. The summed E-state index contributed by atoms with van der Waals surface area (Å²) in [5.41, 5.74) is 0. The fraction of sp³-hybridized carbons (Fsp3) is 0.800. The van der Waals surface area contributed by atoms with Crippen LogP contribution in [0.4, 0.5) is 0 Å². The SMILES string of the molecule is COC(=O)C(CC(C)C)NC(=O)C(C)Br. The molecule has 1 N–H and O–H groups in total. The lowest BCUT2D eigenvalue weighted by Gasteiger charge is -2.18. The molecule has 0 aliphatic heterocycles. The molecule has 5 heteroatoms. The Morgan fingerprint density at radius 1 is 1.33 bits per heavy atom. The van der Waals surface area contributed by atoms with Gasteiger partial charge < -0.3 is 10.1 Å². The van der Waals surface area contributed by atoms with Gasteiger partial charge in [-0.05, 0) is 19.3 Å². The van der Waals surface area contributed by atoms with Gasteiger partial charge in [-0.1, -0.05) is 29.8 Å². The van der Waals surface area contributed by atoms with Crippen molar-refractivity contribution in [1.82, 2.24) is 5.32 Å². The molecular weight excluding hydrogens is 262 g/mol. The quantitative estimate of drug-likeness (QED) is 0.613. The van der Waals surface area contributed by atoms with Crippen LogP contribution in [-0.4, -0.2) is 29.9 Å².